The molecular weight excluding hydrogens is 282 g/mol. The average Bonchev–Trinajstić information content (AvgIpc) is 2.81. The number of rotatable bonds is 4. The summed E-state index contributed by atoms with van der Waals surface area (Å²) in [6.45, 7) is -0.0923. The first-order valence-corrected chi connectivity index (χ1v) is 6.72. The van der Waals surface area contributed by atoms with Gasteiger partial charge in [-0.3, -0.25) is 24.7 Å². The molecule has 0 radical (unpaired) electrons. The fourth-order valence-corrected chi connectivity index (χ4v) is 2.24. The zero-order chi connectivity index (χ0) is 15.5. The minimum atomic E-state index is -0.373. The van der Waals surface area contributed by atoms with Gasteiger partial charge < -0.3 is 0 Å². The third-order valence-corrected chi connectivity index (χ3v) is 3.35. The third kappa shape index (κ3) is 2.47. The van der Waals surface area contributed by atoms with E-state index in [1.54, 1.807) is 48.5 Å². The Kier molecular flexibility index (Phi) is 3.67. The number of nitrogens with zero attached hydrogens (tertiary/aromatic N) is 1. The Balaban J connectivity index is 1.61. The lowest BCUT2D eigenvalue weighted by atomic mass is 10.1. The number of carbonyl (C=O) groups excluding carboxylic acids is 3. The van der Waals surface area contributed by atoms with Crippen LogP contribution in [0.5, 0.6) is 0 Å². The van der Waals surface area contributed by atoms with E-state index in [4.69, 9.17) is 0 Å². The number of nitrogens with one attached hydrogen (secondary N) is 2. The van der Waals surface area contributed by atoms with Gasteiger partial charge in [0.2, 0.25) is 0 Å². The molecule has 6 nitrogen and oxygen atoms in total. The first kappa shape index (κ1) is 14.0. The van der Waals surface area contributed by atoms with Crippen molar-refractivity contribution in [1.29, 1.82) is 0 Å². The van der Waals surface area contributed by atoms with Crippen molar-refractivity contribution >= 4 is 17.7 Å². The fourth-order valence-electron chi connectivity index (χ4n) is 2.24. The number of hydrogen-bond donors (Lipinski definition) is 2. The molecule has 0 aromatic heterocycles. The number of carbonyl (C=O) groups is 3. The predicted molar refractivity (Wildman–Crippen MR) is 78.9 cm³/mol. The molecule has 0 unspecified atom stereocenters. The molecule has 2 N–H and O–H groups in total. The molecule has 0 saturated heterocycles. The van der Waals surface area contributed by atoms with Crippen LogP contribution >= 0.6 is 0 Å². The maximum atomic E-state index is 12.1. The number of imide groups is 1. The summed E-state index contributed by atoms with van der Waals surface area (Å²) in [5.74, 6) is -1.08. The molecular formula is C16H13N3O3. The Morgan fingerprint density at radius 1 is 0.864 bits per heavy atom. The highest BCUT2D eigenvalue weighted by molar-refractivity contribution is 6.21. The van der Waals surface area contributed by atoms with E-state index in [1.165, 1.54) is 0 Å². The largest absolute Gasteiger partial charge is 0.286 e. The summed E-state index contributed by atoms with van der Waals surface area (Å²) < 4.78 is 0. The predicted octanol–water partition coefficient (Wildman–Crippen LogP) is 1.17. The van der Waals surface area contributed by atoms with Gasteiger partial charge in [-0.25, -0.2) is 5.43 Å². The van der Waals surface area contributed by atoms with Crippen molar-refractivity contribution in [2.45, 2.75) is 0 Å². The van der Waals surface area contributed by atoms with E-state index in [1.807, 2.05) is 6.07 Å². The van der Waals surface area contributed by atoms with E-state index in [-0.39, 0.29) is 24.4 Å². The van der Waals surface area contributed by atoms with Gasteiger partial charge in [0.05, 0.1) is 17.8 Å². The van der Waals surface area contributed by atoms with E-state index in [0.29, 0.717) is 16.7 Å². The van der Waals surface area contributed by atoms with Crippen LogP contribution in [0.2, 0.25) is 0 Å². The molecule has 110 valence electrons. The SMILES string of the molecule is O=C(NNCN1C(=O)c2ccccc2C1=O)c1ccccc1. The highest BCUT2D eigenvalue weighted by Gasteiger charge is 2.34. The van der Waals surface area contributed by atoms with Crippen molar-refractivity contribution in [2.75, 3.05) is 6.67 Å². The van der Waals surface area contributed by atoms with Crippen LogP contribution in [0.3, 0.4) is 0 Å². The van der Waals surface area contributed by atoms with Crippen molar-refractivity contribution in [1.82, 2.24) is 15.8 Å². The van der Waals surface area contributed by atoms with Crippen LogP contribution in [0.4, 0.5) is 0 Å². The van der Waals surface area contributed by atoms with Crippen molar-refractivity contribution in [2.24, 2.45) is 0 Å². The van der Waals surface area contributed by atoms with Crippen LogP contribution in [0.25, 0.3) is 0 Å². The summed E-state index contributed by atoms with van der Waals surface area (Å²) >= 11 is 0. The van der Waals surface area contributed by atoms with E-state index in [0.717, 1.165) is 4.90 Å². The molecule has 1 aliphatic rings. The molecule has 1 heterocycles. The van der Waals surface area contributed by atoms with Gasteiger partial charge in [0.1, 0.15) is 0 Å². The van der Waals surface area contributed by atoms with Gasteiger partial charge in [-0.2, -0.15) is 0 Å². The minimum Gasteiger partial charge on any atom is -0.286 e. The quantitative estimate of drug-likeness (QED) is 0.655. The third-order valence-electron chi connectivity index (χ3n) is 3.35. The first-order chi connectivity index (χ1) is 10.7. The number of amides is 3. The number of fused-ring (bicyclic) bond motifs is 1. The summed E-state index contributed by atoms with van der Waals surface area (Å²) in [7, 11) is 0. The van der Waals surface area contributed by atoms with E-state index in [2.05, 4.69) is 10.9 Å². The molecule has 0 aliphatic carbocycles. The van der Waals surface area contributed by atoms with Gasteiger partial charge in [-0.05, 0) is 24.3 Å². The molecule has 3 rings (SSSR count). The highest BCUT2D eigenvalue weighted by Crippen LogP contribution is 2.21. The van der Waals surface area contributed by atoms with Crippen molar-refractivity contribution < 1.29 is 14.4 Å². The van der Waals surface area contributed by atoms with Crippen LogP contribution < -0.4 is 10.9 Å². The van der Waals surface area contributed by atoms with Gasteiger partial charge in [-0.1, -0.05) is 30.3 Å². The minimum absolute atomic E-state index is 0.0923. The second-order valence-electron chi connectivity index (χ2n) is 4.74. The number of hydrogen-bond acceptors (Lipinski definition) is 4. The molecule has 0 saturated carbocycles. The monoisotopic (exact) mass is 295 g/mol. The molecule has 0 bridgehead atoms. The van der Waals surface area contributed by atoms with E-state index >= 15 is 0 Å². The molecule has 0 fully saturated rings. The molecule has 2 aromatic carbocycles. The van der Waals surface area contributed by atoms with Gasteiger partial charge in [-0.15, -0.1) is 0 Å². The van der Waals surface area contributed by atoms with Gasteiger partial charge in [0, 0.05) is 5.56 Å². The maximum absolute atomic E-state index is 12.1. The molecule has 0 spiro atoms. The summed E-state index contributed by atoms with van der Waals surface area (Å²) in [5.41, 5.74) is 6.31. The Labute approximate surface area is 126 Å². The summed E-state index contributed by atoms with van der Waals surface area (Å²) in [6, 6.07) is 15.3. The lowest BCUT2D eigenvalue weighted by molar-refractivity contribution is 0.0624. The first-order valence-electron chi connectivity index (χ1n) is 6.72. The Bertz CT molecular complexity index is 708. The van der Waals surface area contributed by atoms with Crippen LogP contribution in [0, 0.1) is 0 Å². The highest BCUT2D eigenvalue weighted by atomic mass is 16.2. The molecule has 1 aliphatic heterocycles. The van der Waals surface area contributed by atoms with Gasteiger partial charge in [0.25, 0.3) is 17.7 Å². The van der Waals surface area contributed by atoms with Crippen molar-refractivity contribution in [3.63, 3.8) is 0 Å². The second-order valence-corrected chi connectivity index (χ2v) is 4.74. The molecule has 6 heteroatoms. The lowest BCUT2D eigenvalue weighted by Gasteiger charge is -2.15. The zero-order valence-corrected chi connectivity index (χ0v) is 11.6. The van der Waals surface area contributed by atoms with Crippen LogP contribution in [-0.2, 0) is 0 Å². The Morgan fingerprint density at radius 2 is 1.41 bits per heavy atom. The molecule has 2 aromatic rings. The standard InChI is InChI=1S/C16H13N3O3/c20-14(11-6-2-1-3-7-11)18-17-10-19-15(21)12-8-4-5-9-13(12)16(19)22/h1-9,17H,10H2,(H,18,20). The molecule has 0 atom stereocenters. The van der Waals surface area contributed by atoms with Crippen molar-refractivity contribution in [3.05, 3.63) is 71.3 Å². The normalized spacial score (nSPS) is 13.2. The smallest absolute Gasteiger partial charge is 0.265 e. The van der Waals surface area contributed by atoms with Gasteiger partial charge in [0.15, 0.2) is 0 Å². The zero-order valence-electron chi connectivity index (χ0n) is 11.6. The molecule has 3 amide bonds. The van der Waals surface area contributed by atoms with Crippen LogP contribution in [-0.4, -0.2) is 29.3 Å². The average molecular weight is 295 g/mol. The second kappa shape index (κ2) is 5.79. The van der Waals surface area contributed by atoms with Gasteiger partial charge >= 0.3 is 0 Å². The summed E-state index contributed by atoms with van der Waals surface area (Å²) in [6.07, 6.45) is 0. The van der Waals surface area contributed by atoms with Crippen molar-refractivity contribution in [3.8, 4) is 0 Å². The number of benzene rings is 2. The van der Waals surface area contributed by atoms with Crippen LogP contribution in [0.1, 0.15) is 31.1 Å². The fraction of sp³-hybridized carbons (Fsp3) is 0.0625. The molecule has 22 heavy (non-hydrogen) atoms. The topological polar surface area (TPSA) is 78.5 Å². The lowest BCUT2D eigenvalue weighted by Crippen LogP contribution is -2.46. The van der Waals surface area contributed by atoms with Crippen LogP contribution in [0.15, 0.2) is 54.6 Å². The Morgan fingerprint density at radius 3 is 2.00 bits per heavy atom. The van der Waals surface area contributed by atoms with E-state index in [9.17, 15) is 14.4 Å². The maximum Gasteiger partial charge on any atom is 0.265 e. The summed E-state index contributed by atoms with van der Waals surface area (Å²) in [5, 5.41) is 0. The number of hydrazine groups is 1. The summed E-state index contributed by atoms with van der Waals surface area (Å²) in [4.78, 5) is 37.1. The Hall–Kier alpha value is -2.99. The van der Waals surface area contributed by atoms with E-state index < -0.39 is 0 Å².